The van der Waals surface area contributed by atoms with Gasteiger partial charge in [-0.05, 0) is 36.4 Å². The van der Waals surface area contributed by atoms with Gasteiger partial charge in [-0.15, -0.1) is 0 Å². The SMILES string of the molecule is COc1cc(C=O)cc2c1OC1C2C(C(=O)NCCO)=CC(N(Cc2ccccc2F)C(=O)c2cc3cccc(OC)c3o2)C1O. The van der Waals surface area contributed by atoms with Crippen LogP contribution in [0.1, 0.15) is 38.0 Å². The van der Waals surface area contributed by atoms with Crippen LogP contribution in [0.5, 0.6) is 17.2 Å². The zero-order valence-corrected chi connectivity index (χ0v) is 24.9. The first-order valence-electron chi connectivity index (χ1n) is 14.5. The second kappa shape index (κ2) is 12.7. The summed E-state index contributed by atoms with van der Waals surface area (Å²) in [6.45, 7) is -0.694. The molecule has 46 heavy (non-hydrogen) atoms. The molecule has 11 nitrogen and oxygen atoms in total. The third-order valence-corrected chi connectivity index (χ3v) is 8.27. The number of hydrogen-bond acceptors (Lipinski definition) is 9. The molecular weight excluding hydrogens is 599 g/mol. The highest BCUT2D eigenvalue weighted by molar-refractivity contribution is 5.99. The number of para-hydroxylation sites is 1. The Morgan fingerprint density at radius 1 is 1.07 bits per heavy atom. The molecule has 2 heterocycles. The fourth-order valence-electron chi connectivity index (χ4n) is 6.13. The van der Waals surface area contributed by atoms with Gasteiger partial charge in [0.05, 0.1) is 32.8 Å². The monoisotopic (exact) mass is 630 g/mol. The molecule has 3 aromatic carbocycles. The maximum Gasteiger partial charge on any atom is 0.290 e. The van der Waals surface area contributed by atoms with Gasteiger partial charge in [-0.1, -0.05) is 30.3 Å². The number of nitrogens with zero attached hydrogens (tertiary/aromatic N) is 1. The van der Waals surface area contributed by atoms with Crippen LogP contribution in [0.25, 0.3) is 11.0 Å². The molecule has 0 saturated carbocycles. The number of rotatable bonds is 10. The minimum atomic E-state index is -1.44. The molecule has 4 unspecified atom stereocenters. The minimum absolute atomic E-state index is 0.0646. The molecule has 0 radical (unpaired) electrons. The van der Waals surface area contributed by atoms with E-state index in [1.807, 2.05) is 0 Å². The van der Waals surface area contributed by atoms with Crippen molar-refractivity contribution in [2.24, 2.45) is 0 Å². The van der Waals surface area contributed by atoms with Gasteiger partial charge in [-0.3, -0.25) is 14.4 Å². The van der Waals surface area contributed by atoms with Gasteiger partial charge in [-0.2, -0.15) is 0 Å². The molecule has 1 aromatic heterocycles. The van der Waals surface area contributed by atoms with Crippen molar-refractivity contribution in [3.63, 3.8) is 0 Å². The molecule has 4 atom stereocenters. The number of fused-ring (bicyclic) bond motifs is 4. The fourth-order valence-corrected chi connectivity index (χ4v) is 6.13. The van der Waals surface area contributed by atoms with E-state index in [4.69, 9.17) is 18.6 Å². The quantitative estimate of drug-likeness (QED) is 0.224. The summed E-state index contributed by atoms with van der Waals surface area (Å²) in [5.74, 6) is -1.95. The average molecular weight is 631 g/mol. The van der Waals surface area contributed by atoms with Gasteiger partial charge in [0.2, 0.25) is 5.91 Å². The maximum atomic E-state index is 15.0. The van der Waals surface area contributed by atoms with Crippen LogP contribution in [0.3, 0.4) is 0 Å². The lowest BCUT2D eigenvalue weighted by atomic mass is 9.77. The van der Waals surface area contributed by atoms with E-state index >= 15 is 4.39 Å². The van der Waals surface area contributed by atoms with E-state index in [9.17, 15) is 24.6 Å². The van der Waals surface area contributed by atoms with E-state index < -0.39 is 41.8 Å². The Balaban J connectivity index is 1.49. The van der Waals surface area contributed by atoms with Crippen molar-refractivity contribution in [3.8, 4) is 17.2 Å². The van der Waals surface area contributed by atoms with Crippen molar-refractivity contribution in [1.29, 1.82) is 0 Å². The molecule has 12 heteroatoms. The number of furan rings is 1. The summed E-state index contributed by atoms with van der Waals surface area (Å²) in [5, 5.41) is 24.5. The molecule has 2 aliphatic rings. The van der Waals surface area contributed by atoms with Gasteiger partial charge in [0, 0.05) is 40.7 Å². The highest BCUT2D eigenvalue weighted by atomic mass is 19.1. The summed E-state index contributed by atoms with van der Waals surface area (Å²) in [7, 11) is 2.87. The van der Waals surface area contributed by atoms with Crippen molar-refractivity contribution in [3.05, 3.63) is 101 Å². The molecule has 2 amide bonds. The van der Waals surface area contributed by atoms with Crippen LogP contribution in [0.2, 0.25) is 0 Å². The number of halogens is 1. The van der Waals surface area contributed by atoms with Crippen LogP contribution in [0, 0.1) is 5.82 Å². The van der Waals surface area contributed by atoms with Gasteiger partial charge in [0.1, 0.15) is 24.3 Å². The van der Waals surface area contributed by atoms with Crippen LogP contribution in [0.15, 0.2) is 76.7 Å². The zero-order valence-electron chi connectivity index (χ0n) is 24.9. The third-order valence-electron chi connectivity index (χ3n) is 8.27. The second-order valence-corrected chi connectivity index (χ2v) is 10.9. The number of aldehydes is 1. The molecule has 0 bridgehead atoms. The van der Waals surface area contributed by atoms with Crippen LogP contribution >= 0.6 is 0 Å². The Bertz CT molecular complexity index is 1850. The lowest BCUT2D eigenvalue weighted by molar-refractivity contribution is -0.118. The number of carbonyl (C=O) groups excluding carboxylic acids is 3. The normalized spacial score (nSPS) is 19.8. The summed E-state index contributed by atoms with van der Waals surface area (Å²) in [4.78, 5) is 40.9. The van der Waals surface area contributed by atoms with Gasteiger partial charge in [-0.25, -0.2) is 4.39 Å². The van der Waals surface area contributed by atoms with E-state index in [0.29, 0.717) is 28.6 Å². The molecule has 1 aliphatic heterocycles. The number of hydrogen-bond donors (Lipinski definition) is 3. The minimum Gasteiger partial charge on any atom is -0.493 e. The summed E-state index contributed by atoms with van der Waals surface area (Å²) in [6, 6.07) is 14.4. The Labute approximate surface area is 262 Å². The molecular formula is C34H31FN2O9. The third kappa shape index (κ3) is 5.35. The van der Waals surface area contributed by atoms with Crippen molar-refractivity contribution < 1.29 is 47.6 Å². The van der Waals surface area contributed by atoms with E-state index in [-0.39, 0.29) is 53.7 Å². The Kier molecular flexibility index (Phi) is 8.48. The van der Waals surface area contributed by atoms with Crippen LogP contribution < -0.4 is 19.5 Å². The first-order chi connectivity index (χ1) is 22.3. The number of ether oxygens (including phenoxy) is 3. The van der Waals surface area contributed by atoms with E-state index in [2.05, 4.69) is 5.32 Å². The van der Waals surface area contributed by atoms with Crippen molar-refractivity contribution in [2.45, 2.75) is 30.7 Å². The predicted molar refractivity (Wildman–Crippen MR) is 163 cm³/mol. The lowest BCUT2D eigenvalue weighted by Gasteiger charge is -2.40. The summed E-state index contributed by atoms with van der Waals surface area (Å²) in [5.41, 5.74) is 1.31. The molecule has 1 aliphatic carbocycles. The first-order valence-corrected chi connectivity index (χ1v) is 14.5. The Morgan fingerprint density at radius 2 is 1.85 bits per heavy atom. The highest BCUT2D eigenvalue weighted by Gasteiger charge is 2.51. The number of carbonyl (C=O) groups is 3. The standard InChI is InChI=1S/C34H31FN2O9/c1-43-25-9-5-7-19-14-27(45-30(19)25)34(42)37(16-20-6-3-4-8-23(20)35)24-15-22(33(41)36-10-11-38)28-21-12-18(17-39)13-26(44-2)31(21)46-32(28)29(24)40/h3-9,12-15,17,24,28-29,32,38,40H,10-11,16H2,1-2H3,(H,36,41). The lowest BCUT2D eigenvalue weighted by Crippen LogP contribution is -2.55. The van der Waals surface area contributed by atoms with E-state index in [0.717, 1.165) is 0 Å². The topological polar surface area (TPSA) is 148 Å². The van der Waals surface area contributed by atoms with Gasteiger partial charge in [0.25, 0.3) is 5.91 Å². The van der Waals surface area contributed by atoms with Gasteiger partial charge in [0.15, 0.2) is 28.6 Å². The molecule has 0 saturated heterocycles. The summed E-state index contributed by atoms with van der Waals surface area (Å²) in [6.07, 6.45) is -0.475. The summed E-state index contributed by atoms with van der Waals surface area (Å²) >= 11 is 0. The first kappa shape index (κ1) is 30.8. The van der Waals surface area contributed by atoms with Crippen LogP contribution in [0.4, 0.5) is 4.39 Å². The zero-order chi connectivity index (χ0) is 32.5. The average Bonchev–Trinajstić information content (AvgIpc) is 3.69. The molecule has 0 fully saturated rings. The fraction of sp³-hybridized carbons (Fsp3) is 0.265. The van der Waals surface area contributed by atoms with Crippen molar-refractivity contribution in [2.75, 3.05) is 27.4 Å². The number of aliphatic hydroxyl groups is 2. The maximum absolute atomic E-state index is 15.0. The number of methoxy groups -OCH3 is 2. The van der Waals surface area contributed by atoms with Crippen LogP contribution in [-0.2, 0) is 11.3 Å². The van der Waals surface area contributed by atoms with Crippen molar-refractivity contribution in [1.82, 2.24) is 10.2 Å². The second-order valence-electron chi connectivity index (χ2n) is 10.9. The number of nitrogens with one attached hydrogen (secondary N) is 1. The Morgan fingerprint density at radius 3 is 2.57 bits per heavy atom. The van der Waals surface area contributed by atoms with Crippen LogP contribution in [-0.4, -0.2) is 78.8 Å². The highest BCUT2D eigenvalue weighted by Crippen LogP contribution is 2.51. The van der Waals surface area contributed by atoms with Gasteiger partial charge >= 0.3 is 0 Å². The largest absolute Gasteiger partial charge is 0.493 e. The predicted octanol–water partition coefficient (Wildman–Crippen LogP) is 3.37. The summed E-state index contributed by atoms with van der Waals surface area (Å²) < 4.78 is 38.1. The van der Waals surface area contributed by atoms with E-state index in [1.54, 1.807) is 30.3 Å². The molecule has 238 valence electrons. The smallest absolute Gasteiger partial charge is 0.290 e. The molecule has 4 aromatic rings. The Hall–Kier alpha value is -5.20. The molecule has 3 N–H and O–H groups in total. The number of benzene rings is 3. The molecule has 6 rings (SSSR count). The number of amides is 2. The van der Waals surface area contributed by atoms with Crippen molar-refractivity contribution >= 4 is 29.1 Å². The van der Waals surface area contributed by atoms with E-state index in [1.165, 1.54) is 55.5 Å². The number of aliphatic hydroxyl groups excluding tert-OH is 2. The van der Waals surface area contributed by atoms with Gasteiger partial charge < -0.3 is 39.1 Å². The molecule has 0 spiro atoms.